The summed E-state index contributed by atoms with van der Waals surface area (Å²) in [5.41, 5.74) is 2.23. The van der Waals surface area contributed by atoms with Gasteiger partial charge in [0.25, 0.3) is 0 Å². The second-order valence-corrected chi connectivity index (χ2v) is 5.05. The molecule has 0 bridgehead atoms. The molecule has 2 aromatic rings. The van der Waals surface area contributed by atoms with Crippen LogP contribution in [0.4, 0.5) is 0 Å². The third-order valence-corrected chi connectivity index (χ3v) is 3.44. The molecule has 0 spiro atoms. The summed E-state index contributed by atoms with van der Waals surface area (Å²) in [5, 5.41) is 13.6. The Kier molecular flexibility index (Phi) is 4.77. The number of hydrogen-bond donors (Lipinski definition) is 2. The molecule has 1 aromatic carbocycles. The first kappa shape index (κ1) is 13.8. The molecule has 19 heavy (non-hydrogen) atoms. The van der Waals surface area contributed by atoms with E-state index >= 15 is 0 Å². The number of nitrogens with zero attached hydrogens (tertiary/aromatic N) is 1. The maximum Gasteiger partial charge on any atom is 0.0804 e. The monoisotopic (exact) mass is 258 g/mol. The van der Waals surface area contributed by atoms with E-state index in [1.807, 2.05) is 49.6 Å². The molecule has 2 rings (SSSR count). The Morgan fingerprint density at radius 3 is 2.53 bits per heavy atom. The number of aliphatic hydroxyl groups excluding tert-OH is 1. The van der Waals surface area contributed by atoms with Crippen molar-refractivity contribution in [2.24, 2.45) is 7.05 Å². The first-order valence-electron chi connectivity index (χ1n) is 6.73. The van der Waals surface area contributed by atoms with Crippen LogP contribution in [0.2, 0.25) is 0 Å². The van der Waals surface area contributed by atoms with E-state index < -0.39 is 6.10 Å². The topological polar surface area (TPSA) is 37.2 Å². The standard InChI is InChI=1S/C16H22N2O/c1-13(17-12-15-9-6-10-18(15)2)11-16(19)14-7-4-3-5-8-14/h3-10,13,16-17,19H,11-12H2,1-2H3. The molecule has 0 aliphatic carbocycles. The van der Waals surface area contributed by atoms with Crippen molar-refractivity contribution in [1.82, 2.24) is 9.88 Å². The van der Waals surface area contributed by atoms with Crippen LogP contribution in [0.1, 0.15) is 30.7 Å². The summed E-state index contributed by atoms with van der Waals surface area (Å²) in [6.07, 6.45) is 2.35. The van der Waals surface area contributed by atoms with Gasteiger partial charge in [-0.3, -0.25) is 0 Å². The summed E-state index contributed by atoms with van der Waals surface area (Å²) in [7, 11) is 2.04. The lowest BCUT2D eigenvalue weighted by molar-refractivity contribution is 0.153. The number of hydrogen-bond acceptors (Lipinski definition) is 2. The fourth-order valence-corrected chi connectivity index (χ4v) is 2.19. The minimum Gasteiger partial charge on any atom is -0.388 e. The molecule has 2 atom stereocenters. The average Bonchev–Trinajstić information content (AvgIpc) is 2.83. The highest BCUT2D eigenvalue weighted by Crippen LogP contribution is 2.17. The van der Waals surface area contributed by atoms with Gasteiger partial charge < -0.3 is 15.0 Å². The summed E-state index contributed by atoms with van der Waals surface area (Å²) in [4.78, 5) is 0. The Morgan fingerprint density at radius 2 is 1.89 bits per heavy atom. The number of aromatic nitrogens is 1. The van der Waals surface area contributed by atoms with Gasteiger partial charge in [-0.15, -0.1) is 0 Å². The van der Waals surface area contributed by atoms with E-state index in [-0.39, 0.29) is 6.04 Å². The predicted molar refractivity (Wildman–Crippen MR) is 77.7 cm³/mol. The molecule has 0 saturated carbocycles. The van der Waals surface area contributed by atoms with Crippen LogP contribution in [-0.2, 0) is 13.6 Å². The summed E-state index contributed by atoms with van der Waals surface area (Å²) in [6, 6.07) is 14.2. The predicted octanol–water partition coefficient (Wildman–Crippen LogP) is 2.63. The van der Waals surface area contributed by atoms with Gasteiger partial charge in [-0.25, -0.2) is 0 Å². The van der Waals surface area contributed by atoms with Crippen LogP contribution in [0.5, 0.6) is 0 Å². The van der Waals surface area contributed by atoms with Crippen LogP contribution in [0.3, 0.4) is 0 Å². The van der Waals surface area contributed by atoms with Gasteiger partial charge in [-0.05, 0) is 31.0 Å². The summed E-state index contributed by atoms with van der Waals surface area (Å²) in [5.74, 6) is 0. The van der Waals surface area contributed by atoms with Crippen LogP contribution in [0.25, 0.3) is 0 Å². The van der Waals surface area contributed by atoms with Crippen molar-refractivity contribution in [3.8, 4) is 0 Å². The van der Waals surface area contributed by atoms with E-state index in [1.54, 1.807) is 0 Å². The summed E-state index contributed by atoms with van der Waals surface area (Å²) >= 11 is 0. The Balaban J connectivity index is 1.81. The zero-order valence-electron chi connectivity index (χ0n) is 11.6. The van der Waals surface area contributed by atoms with Crippen LogP contribution in [0, 0.1) is 0 Å². The molecule has 0 aliphatic heterocycles. The zero-order chi connectivity index (χ0) is 13.7. The van der Waals surface area contributed by atoms with Gasteiger partial charge in [0.1, 0.15) is 0 Å². The van der Waals surface area contributed by atoms with Crippen LogP contribution in [-0.4, -0.2) is 15.7 Å². The van der Waals surface area contributed by atoms with E-state index in [0.717, 1.165) is 12.1 Å². The summed E-state index contributed by atoms with van der Waals surface area (Å²) in [6.45, 7) is 2.93. The third-order valence-electron chi connectivity index (χ3n) is 3.44. The van der Waals surface area contributed by atoms with Crippen molar-refractivity contribution in [2.75, 3.05) is 0 Å². The maximum absolute atomic E-state index is 10.2. The minimum absolute atomic E-state index is 0.269. The largest absolute Gasteiger partial charge is 0.388 e. The molecule has 2 N–H and O–H groups in total. The van der Waals surface area contributed by atoms with E-state index in [4.69, 9.17) is 0 Å². The van der Waals surface area contributed by atoms with Gasteiger partial charge >= 0.3 is 0 Å². The molecule has 2 unspecified atom stereocenters. The molecule has 3 heteroatoms. The molecule has 1 heterocycles. The Hall–Kier alpha value is -1.58. The quantitative estimate of drug-likeness (QED) is 0.836. The lowest BCUT2D eigenvalue weighted by Gasteiger charge is -2.18. The average molecular weight is 258 g/mol. The van der Waals surface area contributed by atoms with Gasteiger partial charge in [0.2, 0.25) is 0 Å². The minimum atomic E-state index is -0.405. The number of aliphatic hydroxyl groups is 1. The lowest BCUT2D eigenvalue weighted by atomic mass is 10.0. The normalized spacial score (nSPS) is 14.3. The first-order chi connectivity index (χ1) is 9.16. The second-order valence-electron chi connectivity index (χ2n) is 5.05. The van der Waals surface area contributed by atoms with Crippen molar-refractivity contribution in [2.45, 2.75) is 32.0 Å². The zero-order valence-corrected chi connectivity index (χ0v) is 11.6. The molecule has 0 amide bonds. The Morgan fingerprint density at radius 1 is 1.16 bits per heavy atom. The highest BCUT2D eigenvalue weighted by Gasteiger charge is 2.12. The van der Waals surface area contributed by atoms with E-state index in [9.17, 15) is 5.11 Å². The van der Waals surface area contributed by atoms with Crippen molar-refractivity contribution < 1.29 is 5.11 Å². The van der Waals surface area contributed by atoms with Gasteiger partial charge in [0.15, 0.2) is 0 Å². The summed E-state index contributed by atoms with van der Waals surface area (Å²) < 4.78 is 2.10. The number of aryl methyl sites for hydroxylation is 1. The number of benzene rings is 1. The molecule has 3 nitrogen and oxygen atoms in total. The van der Waals surface area contributed by atoms with Crippen LogP contribution >= 0.6 is 0 Å². The van der Waals surface area contributed by atoms with Crippen molar-refractivity contribution in [3.05, 3.63) is 59.9 Å². The molecular weight excluding hydrogens is 236 g/mol. The van der Waals surface area contributed by atoms with Crippen LogP contribution in [0.15, 0.2) is 48.7 Å². The maximum atomic E-state index is 10.2. The SMILES string of the molecule is CC(CC(O)c1ccccc1)NCc1cccn1C. The van der Waals surface area contributed by atoms with Crippen molar-refractivity contribution >= 4 is 0 Å². The fourth-order valence-electron chi connectivity index (χ4n) is 2.19. The molecule has 0 fully saturated rings. The smallest absolute Gasteiger partial charge is 0.0804 e. The second kappa shape index (κ2) is 6.55. The first-order valence-corrected chi connectivity index (χ1v) is 6.73. The van der Waals surface area contributed by atoms with Crippen LogP contribution < -0.4 is 5.32 Å². The molecule has 1 aromatic heterocycles. The molecular formula is C16H22N2O. The lowest BCUT2D eigenvalue weighted by Crippen LogP contribution is -2.28. The number of rotatable bonds is 6. The molecule has 0 radical (unpaired) electrons. The Bertz CT molecular complexity index is 492. The van der Waals surface area contributed by atoms with Crippen molar-refractivity contribution in [1.29, 1.82) is 0 Å². The molecule has 102 valence electrons. The van der Waals surface area contributed by atoms with E-state index in [0.29, 0.717) is 6.42 Å². The highest BCUT2D eigenvalue weighted by atomic mass is 16.3. The third kappa shape index (κ3) is 3.94. The van der Waals surface area contributed by atoms with Gasteiger partial charge in [-0.2, -0.15) is 0 Å². The molecule has 0 saturated heterocycles. The Labute approximate surface area is 114 Å². The van der Waals surface area contributed by atoms with Gasteiger partial charge in [0, 0.05) is 31.5 Å². The fraction of sp³-hybridized carbons (Fsp3) is 0.375. The molecule has 0 aliphatic rings. The van der Waals surface area contributed by atoms with Gasteiger partial charge in [0.05, 0.1) is 6.10 Å². The highest BCUT2D eigenvalue weighted by molar-refractivity contribution is 5.17. The van der Waals surface area contributed by atoms with Gasteiger partial charge in [-0.1, -0.05) is 30.3 Å². The van der Waals surface area contributed by atoms with Crippen molar-refractivity contribution in [3.63, 3.8) is 0 Å². The van der Waals surface area contributed by atoms with E-state index in [1.165, 1.54) is 5.69 Å². The number of nitrogens with one attached hydrogen (secondary N) is 1. The van der Waals surface area contributed by atoms with E-state index in [2.05, 4.69) is 22.9 Å².